The normalized spacial score (nSPS) is 12.0. The molecule has 3 aromatic heterocycles. The second-order valence-electron chi connectivity index (χ2n) is 8.46. The summed E-state index contributed by atoms with van der Waals surface area (Å²) in [7, 11) is 0. The quantitative estimate of drug-likeness (QED) is 0.398. The summed E-state index contributed by atoms with van der Waals surface area (Å²) in [5.74, 6) is 0.894. The van der Waals surface area contributed by atoms with Gasteiger partial charge >= 0.3 is 0 Å². The molecule has 2 N–H and O–H groups in total. The van der Waals surface area contributed by atoms with Crippen LogP contribution in [0.2, 0.25) is 0 Å². The van der Waals surface area contributed by atoms with E-state index in [1.807, 2.05) is 54.9 Å². The fraction of sp³-hybridized carbons (Fsp3) is 0.160. The number of benzene rings is 2. The first kappa shape index (κ1) is 18.3. The van der Waals surface area contributed by atoms with Crippen molar-refractivity contribution in [3.05, 3.63) is 72.6 Å². The molecule has 5 rings (SSSR count). The predicted octanol–water partition coefficient (Wildman–Crippen LogP) is 5.98. The molecule has 2 aromatic carbocycles. The van der Waals surface area contributed by atoms with Crippen molar-refractivity contribution in [2.45, 2.75) is 26.2 Å². The SMILES string of the molecule is CC(C)(C)c1c(-c2cnc3ccccc3c2)cnc(N)c1-c1nc2ccccc2o1. The van der Waals surface area contributed by atoms with E-state index in [1.54, 1.807) is 0 Å². The summed E-state index contributed by atoms with van der Waals surface area (Å²) in [6, 6.07) is 17.9. The van der Waals surface area contributed by atoms with Gasteiger partial charge < -0.3 is 10.2 Å². The Morgan fingerprint density at radius 3 is 2.37 bits per heavy atom. The summed E-state index contributed by atoms with van der Waals surface area (Å²) in [5, 5.41) is 1.08. The van der Waals surface area contributed by atoms with Crippen molar-refractivity contribution in [3.8, 4) is 22.6 Å². The Bertz CT molecular complexity index is 1360. The third-order valence-corrected chi connectivity index (χ3v) is 5.27. The molecule has 0 aliphatic heterocycles. The third kappa shape index (κ3) is 2.99. The van der Waals surface area contributed by atoms with Gasteiger partial charge in [-0.05, 0) is 35.2 Å². The van der Waals surface area contributed by atoms with Crippen LogP contribution in [0.25, 0.3) is 44.6 Å². The molecule has 0 aliphatic carbocycles. The number of para-hydroxylation sites is 3. The van der Waals surface area contributed by atoms with Crippen molar-refractivity contribution in [3.63, 3.8) is 0 Å². The number of rotatable bonds is 2. The highest BCUT2D eigenvalue weighted by molar-refractivity contribution is 5.88. The number of hydrogen-bond acceptors (Lipinski definition) is 5. The smallest absolute Gasteiger partial charge is 0.231 e. The van der Waals surface area contributed by atoms with Gasteiger partial charge in [-0.3, -0.25) is 4.98 Å². The van der Waals surface area contributed by atoms with Gasteiger partial charge in [-0.15, -0.1) is 0 Å². The Balaban J connectivity index is 1.81. The van der Waals surface area contributed by atoms with E-state index in [-0.39, 0.29) is 5.41 Å². The molecular formula is C25H22N4O. The molecule has 0 aliphatic rings. The van der Waals surface area contributed by atoms with E-state index in [0.29, 0.717) is 11.7 Å². The number of pyridine rings is 2. The molecular weight excluding hydrogens is 372 g/mol. The van der Waals surface area contributed by atoms with Gasteiger partial charge in [-0.25, -0.2) is 9.97 Å². The molecule has 30 heavy (non-hydrogen) atoms. The lowest BCUT2D eigenvalue weighted by Crippen LogP contribution is -2.17. The van der Waals surface area contributed by atoms with Crippen molar-refractivity contribution in [2.75, 3.05) is 5.73 Å². The van der Waals surface area contributed by atoms with Crippen LogP contribution >= 0.6 is 0 Å². The fourth-order valence-corrected chi connectivity index (χ4v) is 3.94. The molecule has 0 atom stereocenters. The summed E-state index contributed by atoms with van der Waals surface area (Å²) in [6.07, 6.45) is 3.72. The molecule has 0 saturated carbocycles. The van der Waals surface area contributed by atoms with Gasteiger partial charge in [-0.1, -0.05) is 51.1 Å². The number of anilines is 1. The van der Waals surface area contributed by atoms with E-state index in [0.717, 1.165) is 44.3 Å². The van der Waals surface area contributed by atoms with E-state index in [1.165, 1.54) is 0 Å². The van der Waals surface area contributed by atoms with Gasteiger partial charge in [0, 0.05) is 28.9 Å². The first-order chi connectivity index (χ1) is 14.4. The monoisotopic (exact) mass is 394 g/mol. The average Bonchev–Trinajstić information content (AvgIpc) is 3.16. The van der Waals surface area contributed by atoms with Crippen LogP contribution in [0.15, 0.2) is 71.4 Å². The maximum Gasteiger partial charge on any atom is 0.231 e. The van der Waals surface area contributed by atoms with E-state index < -0.39 is 0 Å². The zero-order valence-electron chi connectivity index (χ0n) is 17.2. The van der Waals surface area contributed by atoms with Gasteiger partial charge in [0.05, 0.1) is 11.1 Å². The zero-order chi connectivity index (χ0) is 20.9. The van der Waals surface area contributed by atoms with E-state index in [9.17, 15) is 0 Å². The first-order valence-corrected chi connectivity index (χ1v) is 9.92. The maximum absolute atomic E-state index is 6.38. The zero-order valence-corrected chi connectivity index (χ0v) is 17.2. The summed E-state index contributed by atoms with van der Waals surface area (Å²) in [6.45, 7) is 6.48. The van der Waals surface area contributed by atoms with Gasteiger partial charge in [0.2, 0.25) is 5.89 Å². The molecule has 0 amide bonds. The fourth-order valence-electron chi connectivity index (χ4n) is 3.94. The van der Waals surface area contributed by atoms with Crippen LogP contribution in [0.1, 0.15) is 26.3 Å². The Morgan fingerprint density at radius 2 is 1.60 bits per heavy atom. The Hall–Kier alpha value is -3.73. The Kier molecular flexibility index (Phi) is 4.07. The molecule has 0 bridgehead atoms. The van der Waals surface area contributed by atoms with Crippen LogP contribution in [0.5, 0.6) is 0 Å². The van der Waals surface area contributed by atoms with Crippen molar-refractivity contribution >= 4 is 27.8 Å². The van der Waals surface area contributed by atoms with E-state index in [2.05, 4.69) is 42.9 Å². The standard InChI is InChI=1S/C25H22N4O/c1-25(2,3)22-17(16-12-15-8-4-5-9-18(15)27-13-16)14-28-23(26)21(22)24-29-19-10-6-7-11-20(19)30-24/h4-14H,1-3H3,(H2,26,28). The van der Waals surface area contributed by atoms with E-state index in [4.69, 9.17) is 15.1 Å². The first-order valence-electron chi connectivity index (χ1n) is 9.92. The second-order valence-corrected chi connectivity index (χ2v) is 8.46. The predicted molar refractivity (Wildman–Crippen MR) is 121 cm³/mol. The molecule has 3 heterocycles. The highest BCUT2D eigenvalue weighted by Crippen LogP contribution is 2.42. The lowest BCUT2D eigenvalue weighted by molar-refractivity contribution is 0.580. The van der Waals surface area contributed by atoms with Crippen molar-refractivity contribution in [1.82, 2.24) is 15.0 Å². The topological polar surface area (TPSA) is 77.8 Å². The van der Waals surface area contributed by atoms with Crippen LogP contribution < -0.4 is 5.73 Å². The minimum atomic E-state index is -0.228. The average molecular weight is 394 g/mol. The number of oxazole rings is 1. The van der Waals surface area contributed by atoms with Crippen molar-refractivity contribution < 1.29 is 4.42 Å². The molecule has 5 heteroatoms. The van der Waals surface area contributed by atoms with Gasteiger partial charge in [0.25, 0.3) is 0 Å². The van der Waals surface area contributed by atoms with Crippen molar-refractivity contribution in [1.29, 1.82) is 0 Å². The van der Waals surface area contributed by atoms with Crippen molar-refractivity contribution in [2.24, 2.45) is 0 Å². The Morgan fingerprint density at radius 1 is 0.867 bits per heavy atom. The molecule has 148 valence electrons. The molecule has 0 unspecified atom stereocenters. The highest BCUT2D eigenvalue weighted by atomic mass is 16.3. The maximum atomic E-state index is 6.38. The number of aromatic nitrogens is 3. The van der Waals surface area contributed by atoms with Gasteiger partial charge in [0.1, 0.15) is 11.3 Å². The largest absolute Gasteiger partial charge is 0.436 e. The molecule has 0 spiro atoms. The van der Waals surface area contributed by atoms with Gasteiger partial charge in [0.15, 0.2) is 5.58 Å². The number of fused-ring (bicyclic) bond motifs is 2. The number of nitrogens with two attached hydrogens (primary N) is 1. The highest BCUT2D eigenvalue weighted by Gasteiger charge is 2.28. The summed E-state index contributed by atoms with van der Waals surface area (Å²) in [4.78, 5) is 13.8. The number of nitrogen functional groups attached to an aromatic ring is 1. The Labute approximate surface area is 174 Å². The second kappa shape index (κ2) is 6.66. The summed E-state index contributed by atoms with van der Waals surface area (Å²) >= 11 is 0. The summed E-state index contributed by atoms with van der Waals surface area (Å²) in [5.41, 5.74) is 12.4. The molecule has 0 radical (unpaired) electrons. The van der Waals surface area contributed by atoms with Crippen LogP contribution in [0.4, 0.5) is 5.82 Å². The lowest BCUT2D eigenvalue weighted by atomic mass is 9.79. The summed E-state index contributed by atoms with van der Waals surface area (Å²) < 4.78 is 6.09. The molecule has 5 aromatic rings. The van der Waals surface area contributed by atoms with Gasteiger partial charge in [-0.2, -0.15) is 0 Å². The third-order valence-electron chi connectivity index (χ3n) is 5.27. The number of nitrogens with zero attached hydrogens (tertiary/aromatic N) is 3. The number of hydrogen-bond donors (Lipinski definition) is 1. The van der Waals surface area contributed by atoms with E-state index >= 15 is 0 Å². The minimum Gasteiger partial charge on any atom is -0.436 e. The molecule has 0 saturated heterocycles. The van der Waals surface area contributed by atoms with Crippen LogP contribution in [-0.2, 0) is 5.41 Å². The van der Waals surface area contributed by atoms with Crippen LogP contribution in [0.3, 0.4) is 0 Å². The van der Waals surface area contributed by atoms with Crippen LogP contribution in [0, 0.1) is 0 Å². The molecule has 5 nitrogen and oxygen atoms in total. The minimum absolute atomic E-state index is 0.228. The lowest BCUT2D eigenvalue weighted by Gasteiger charge is -2.26. The molecule has 0 fully saturated rings. The van der Waals surface area contributed by atoms with Crippen LogP contribution in [-0.4, -0.2) is 15.0 Å².